The maximum Gasteiger partial charge on any atom is 0.345 e. The van der Waals surface area contributed by atoms with Gasteiger partial charge in [0.2, 0.25) is 0 Å². The zero-order valence-corrected chi connectivity index (χ0v) is 17.0. The van der Waals surface area contributed by atoms with Crippen molar-refractivity contribution in [3.05, 3.63) is 51.7 Å². The van der Waals surface area contributed by atoms with Crippen molar-refractivity contribution in [3.8, 4) is 5.75 Å². The number of nitrogens with zero attached hydrogens (tertiary/aromatic N) is 2. The van der Waals surface area contributed by atoms with Crippen LogP contribution in [0.1, 0.15) is 33.0 Å². The third kappa shape index (κ3) is 3.05. The number of aromatic nitrogens is 1. The SMILES string of the molecule is COc1cccc2ccc(N3CCC4(CC3)OCCc3cc(C(=O)O)sc34)nc12. The summed E-state index contributed by atoms with van der Waals surface area (Å²) < 4.78 is 11.7. The largest absolute Gasteiger partial charge is 0.494 e. The molecule has 5 rings (SSSR count). The summed E-state index contributed by atoms with van der Waals surface area (Å²) in [5, 5.41) is 10.4. The summed E-state index contributed by atoms with van der Waals surface area (Å²) in [6.07, 6.45) is 2.44. The zero-order chi connectivity index (χ0) is 20.0. The lowest BCUT2D eigenvalue weighted by Crippen LogP contribution is -2.46. The molecule has 1 aromatic carbocycles. The molecule has 0 radical (unpaired) electrons. The summed E-state index contributed by atoms with van der Waals surface area (Å²) in [6.45, 7) is 2.27. The van der Waals surface area contributed by atoms with E-state index in [0.717, 1.165) is 65.3 Å². The van der Waals surface area contributed by atoms with E-state index in [2.05, 4.69) is 17.0 Å². The molecular formula is C22H22N2O4S. The number of carbonyl (C=O) groups is 1. The van der Waals surface area contributed by atoms with Gasteiger partial charge < -0.3 is 19.5 Å². The van der Waals surface area contributed by atoms with Gasteiger partial charge in [-0.1, -0.05) is 12.1 Å². The van der Waals surface area contributed by atoms with Crippen LogP contribution in [0, 0.1) is 0 Å². The highest BCUT2D eigenvalue weighted by Crippen LogP contribution is 2.46. The summed E-state index contributed by atoms with van der Waals surface area (Å²) in [5.74, 6) is 0.856. The fourth-order valence-corrected chi connectivity index (χ4v) is 5.70. The van der Waals surface area contributed by atoms with E-state index < -0.39 is 5.97 Å². The number of pyridine rings is 1. The Labute approximate surface area is 172 Å². The Bertz CT molecular complexity index is 1090. The van der Waals surface area contributed by atoms with E-state index in [1.54, 1.807) is 7.11 Å². The Morgan fingerprint density at radius 3 is 2.86 bits per heavy atom. The molecule has 0 aliphatic carbocycles. The molecule has 0 unspecified atom stereocenters. The Balaban J connectivity index is 1.41. The fraction of sp³-hybridized carbons (Fsp3) is 0.364. The maximum absolute atomic E-state index is 11.4. The van der Waals surface area contributed by atoms with Gasteiger partial charge in [-0.3, -0.25) is 0 Å². The van der Waals surface area contributed by atoms with Gasteiger partial charge >= 0.3 is 5.97 Å². The first-order valence-corrected chi connectivity index (χ1v) is 10.6. The Morgan fingerprint density at radius 1 is 1.28 bits per heavy atom. The third-order valence-electron chi connectivity index (χ3n) is 5.97. The first kappa shape index (κ1) is 18.4. The summed E-state index contributed by atoms with van der Waals surface area (Å²) >= 11 is 1.38. The van der Waals surface area contributed by atoms with Crippen LogP contribution in [0.3, 0.4) is 0 Å². The Morgan fingerprint density at radius 2 is 2.10 bits per heavy atom. The first-order chi connectivity index (χ1) is 14.1. The number of methoxy groups -OCH3 is 1. The number of thiophene rings is 1. The van der Waals surface area contributed by atoms with E-state index in [1.165, 1.54) is 11.3 Å². The molecule has 1 N–H and O–H groups in total. The molecule has 7 heteroatoms. The number of carboxylic acid groups (broad SMARTS) is 1. The topological polar surface area (TPSA) is 71.9 Å². The molecule has 29 heavy (non-hydrogen) atoms. The van der Waals surface area contributed by atoms with Crippen molar-refractivity contribution in [3.63, 3.8) is 0 Å². The Hall–Kier alpha value is -2.64. The zero-order valence-electron chi connectivity index (χ0n) is 16.2. The van der Waals surface area contributed by atoms with Gasteiger partial charge in [0.25, 0.3) is 0 Å². The second-order valence-corrected chi connectivity index (χ2v) is 8.60. The molecule has 2 aliphatic rings. The molecule has 150 valence electrons. The minimum Gasteiger partial charge on any atom is -0.494 e. The number of rotatable bonds is 3. The number of benzene rings is 1. The number of fused-ring (bicyclic) bond motifs is 3. The van der Waals surface area contributed by atoms with Crippen molar-refractivity contribution in [1.82, 2.24) is 4.98 Å². The van der Waals surface area contributed by atoms with E-state index in [9.17, 15) is 9.90 Å². The van der Waals surface area contributed by atoms with Crippen molar-refractivity contribution >= 4 is 34.0 Å². The lowest BCUT2D eigenvalue weighted by molar-refractivity contribution is -0.0735. The third-order valence-corrected chi connectivity index (χ3v) is 7.32. The van der Waals surface area contributed by atoms with E-state index >= 15 is 0 Å². The van der Waals surface area contributed by atoms with Crippen LogP contribution >= 0.6 is 11.3 Å². The second kappa shape index (κ2) is 7.00. The normalized spacial score (nSPS) is 18.0. The average molecular weight is 410 g/mol. The second-order valence-electron chi connectivity index (χ2n) is 7.55. The number of aromatic carboxylic acids is 1. The predicted molar refractivity (Wildman–Crippen MR) is 112 cm³/mol. The standard InChI is InChI=1S/C22H22N2O4S/c1-27-16-4-2-3-14-5-6-18(23-19(14)16)24-10-8-22(9-11-24)20-15(7-12-28-22)13-17(29-20)21(25)26/h2-6,13H,7-12H2,1H3,(H,25,26). The van der Waals surface area contributed by atoms with Crippen LogP contribution in [-0.2, 0) is 16.8 Å². The van der Waals surface area contributed by atoms with Gasteiger partial charge in [-0.25, -0.2) is 9.78 Å². The molecule has 6 nitrogen and oxygen atoms in total. The van der Waals surface area contributed by atoms with Crippen LogP contribution in [0.5, 0.6) is 5.75 Å². The highest BCUT2D eigenvalue weighted by atomic mass is 32.1. The monoisotopic (exact) mass is 410 g/mol. The summed E-state index contributed by atoms with van der Waals surface area (Å²) in [4.78, 5) is 20.1. The molecular weight excluding hydrogens is 388 g/mol. The van der Waals surface area contributed by atoms with Gasteiger partial charge in [0.05, 0.1) is 13.7 Å². The van der Waals surface area contributed by atoms with Gasteiger partial charge in [0.15, 0.2) is 0 Å². The van der Waals surface area contributed by atoms with Gasteiger partial charge in [-0.2, -0.15) is 0 Å². The first-order valence-electron chi connectivity index (χ1n) is 9.79. The van der Waals surface area contributed by atoms with E-state index in [-0.39, 0.29) is 5.60 Å². The number of hydrogen-bond acceptors (Lipinski definition) is 6. The van der Waals surface area contributed by atoms with Crippen LogP contribution in [0.25, 0.3) is 10.9 Å². The molecule has 0 atom stereocenters. The molecule has 4 heterocycles. The molecule has 0 bridgehead atoms. The van der Waals surface area contributed by atoms with Crippen LogP contribution < -0.4 is 9.64 Å². The Kier molecular flexibility index (Phi) is 4.44. The van der Waals surface area contributed by atoms with Gasteiger partial charge in [-0.15, -0.1) is 11.3 Å². The minimum atomic E-state index is -0.855. The quantitative estimate of drug-likeness (QED) is 0.702. The van der Waals surface area contributed by atoms with Crippen LogP contribution in [-0.4, -0.2) is 42.9 Å². The molecule has 0 amide bonds. The van der Waals surface area contributed by atoms with Crippen LogP contribution in [0.15, 0.2) is 36.4 Å². The molecule has 2 aliphatic heterocycles. The van der Waals surface area contributed by atoms with Crippen LogP contribution in [0.2, 0.25) is 0 Å². The van der Waals surface area contributed by atoms with Crippen molar-refractivity contribution < 1.29 is 19.4 Å². The lowest BCUT2D eigenvalue weighted by Gasteiger charge is -2.44. The highest BCUT2D eigenvalue weighted by Gasteiger charge is 2.43. The summed E-state index contributed by atoms with van der Waals surface area (Å²) in [6, 6.07) is 11.9. The van der Waals surface area contributed by atoms with Gasteiger partial charge in [-0.05, 0) is 49.1 Å². The minimum absolute atomic E-state index is 0.364. The number of carboxylic acids is 1. The molecule has 1 spiro atoms. The molecule has 2 aromatic heterocycles. The number of piperidine rings is 1. The smallest absolute Gasteiger partial charge is 0.345 e. The number of hydrogen-bond donors (Lipinski definition) is 1. The van der Waals surface area contributed by atoms with Gasteiger partial charge in [0, 0.05) is 23.4 Å². The maximum atomic E-state index is 11.4. The lowest BCUT2D eigenvalue weighted by atomic mass is 9.85. The van der Waals surface area contributed by atoms with Crippen molar-refractivity contribution in [2.75, 3.05) is 31.7 Å². The highest BCUT2D eigenvalue weighted by molar-refractivity contribution is 7.14. The number of para-hydroxylation sites is 1. The molecule has 1 saturated heterocycles. The van der Waals surface area contributed by atoms with Gasteiger partial charge in [0.1, 0.15) is 27.6 Å². The van der Waals surface area contributed by atoms with Crippen molar-refractivity contribution in [2.24, 2.45) is 0 Å². The van der Waals surface area contributed by atoms with E-state index in [4.69, 9.17) is 14.5 Å². The van der Waals surface area contributed by atoms with E-state index in [1.807, 2.05) is 24.3 Å². The fourth-order valence-electron chi connectivity index (χ4n) is 4.45. The molecule has 1 fully saturated rings. The van der Waals surface area contributed by atoms with Crippen LogP contribution in [0.4, 0.5) is 5.82 Å². The molecule has 3 aromatic rings. The number of anilines is 1. The predicted octanol–water partition coefficient (Wildman–Crippen LogP) is 4.07. The summed E-state index contributed by atoms with van der Waals surface area (Å²) in [5.41, 5.74) is 1.64. The number of ether oxygens (including phenoxy) is 2. The van der Waals surface area contributed by atoms with Crippen molar-refractivity contribution in [2.45, 2.75) is 24.9 Å². The van der Waals surface area contributed by atoms with E-state index in [0.29, 0.717) is 11.5 Å². The van der Waals surface area contributed by atoms with Crippen molar-refractivity contribution in [1.29, 1.82) is 0 Å². The average Bonchev–Trinajstić information content (AvgIpc) is 3.20. The molecule has 0 saturated carbocycles. The summed E-state index contributed by atoms with van der Waals surface area (Å²) in [7, 11) is 1.66.